The molecule has 4 fully saturated rings. The van der Waals surface area contributed by atoms with Gasteiger partial charge in [0.15, 0.2) is 0 Å². The summed E-state index contributed by atoms with van der Waals surface area (Å²) in [6.45, 7) is 1.24. The zero-order chi connectivity index (χ0) is 20.6. The number of nitrogens with one attached hydrogen (secondary N) is 1. The van der Waals surface area contributed by atoms with Gasteiger partial charge < -0.3 is 15.2 Å². The second-order valence-corrected chi connectivity index (χ2v) is 9.52. The normalized spacial score (nSPS) is 31.5. The highest BCUT2D eigenvalue weighted by Crippen LogP contribution is 2.58. The van der Waals surface area contributed by atoms with Crippen LogP contribution in [0.3, 0.4) is 0 Å². The SMILES string of the molecule is O=C(NCC1C2CC3CC1CC(O)(C3)C2)c1cccc(OCCc2ccccn2)c1. The molecule has 4 saturated carbocycles. The first-order valence-corrected chi connectivity index (χ1v) is 11.2. The minimum atomic E-state index is -0.419. The number of nitrogens with zero attached hydrogens (tertiary/aromatic N) is 1. The van der Waals surface area contributed by atoms with Gasteiger partial charge in [0.2, 0.25) is 0 Å². The van der Waals surface area contributed by atoms with Gasteiger partial charge in [0, 0.05) is 30.4 Å². The molecule has 5 heteroatoms. The van der Waals surface area contributed by atoms with Crippen molar-refractivity contribution >= 4 is 5.91 Å². The lowest BCUT2D eigenvalue weighted by atomic mass is 9.50. The number of amides is 1. The molecule has 1 aromatic heterocycles. The highest BCUT2D eigenvalue weighted by molar-refractivity contribution is 5.94. The highest BCUT2D eigenvalue weighted by atomic mass is 16.5. The number of aliphatic hydroxyl groups is 1. The predicted octanol–water partition coefficient (Wildman–Crippen LogP) is 3.62. The van der Waals surface area contributed by atoms with E-state index in [2.05, 4.69) is 10.3 Å². The molecule has 1 amide bonds. The van der Waals surface area contributed by atoms with Gasteiger partial charge in [0.1, 0.15) is 5.75 Å². The maximum absolute atomic E-state index is 12.8. The number of aromatic nitrogens is 1. The molecule has 2 aromatic rings. The van der Waals surface area contributed by atoms with Crippen LogP contribution in [0.25, 0.3) is 0 Å². The Bertz CT molecular complexity index is 884. The van der Waals surface area contributed by atoms with E-state index in [-0.39, 0.29) is 5.91 Å². The summed E-state index contributed by atoms with van der Waals surface area (Å²) in [6, 6.07) is 13.2. The molecule has 5 nitrogen and oxygen atoms in total. The Morgan fingerprint density at radius 3 is 2.70 bits per heavy atom. The van der Waals surface area contributed by atoms with Gasteiger partial charge in [0.25, 0.3) is 5.91 Å². The maximum Gasteiger partial charge on any atom is 0.251 e. The maximum atomic E-state index is 12.8. The van der Waals surface area contributed by atoms with Gasteiger partial charge in [0.05, 0.1) is 12.2 Å². The predicted molar refractivity (Wildman–Crippen MR) is 114 cm³/mol. The van der Waals surface area contributed by atoms with E-state index in [9.17, 15) is 9.90 Å². The number of carbonyl (C=O) groups excluding carboxylic acids is 1. The Morgan fingerprint density at radius 1 is 1.13 bits per heavy atom. The van der Waals surface area contributed by atoms with Crippen molar-refractivity contribution in [1.29, 1.82) is 0 Å². The zero-order valence-electron chi connectivity index (χ0n) is 17.3. The van der Waals surface area contributed by atoms with E-state index in [4.69, 9.17) is 4.74 Å². The Hall–Kier alpha value is -2.40. The lowest BCUT2D eigenvalue weighted by Crippen LogP contribution is -2.56. The number of rotatable bonds is 7. The Balaban J connectivity index is 1.15. The molecule has 4 bridgehead atoms. The number of benzene rings is 1. The van der Waals surface area contributed by atoms with Crippen molar-refractivity contribution in [2.75, 3.05) is 13.2 Å². The van der Waals surface area contributed by atoms with Gasteiger partial charge in [-0.15, -0.1) is 0 Å². The minimum Gasteiger partial charge on any atom is -0.493 e. The van der Waals surface area contributed by atoms with Crippen molar-refractivity contribution in [3.8, 4) is 5.75 Å². The molecule has 0 saturated heterocycles. The van der Waals surface area contributed by atoms with Crippen LogP contribution in [0.5, 0.6) is 5.75 Å². The van der Waals surface area contributed by atoms with E-state index in [0.717, 1.165) is 31.4 Å². The topological polar surface area (TPSA) is 71.5 Å². The summed E-state index contributed by atoms with van der Waals surface area (Å²) < 4.78 is 5.84. The first-order chi connectivity index (χ1) is 14.6. The summed E-state index contributed by atoms with van der Waals surface area (Å²) in [7, 11) is 0. The van der Waals surface area contributed by atoms with E-state index in [0.29, 0.717) is 48.1 Å². The van der Waals surface area contributed by atoms with Crippen LogP contribution >= 0.6 is 0 Å². The van der Waals surface area contributed by atoms with Gasteiger partial charge in [-0.2, -0.15) is 0 Å². The molecular formula is C25H30N2O3. The lowest BCUT2D eigenvalue weighted by molar-refractivity contribution is -0.150. The zero-order valence-corrected chi connectivity index (χ0v) is 17.3. The number of hydrogen-bond acceptors (Lipinski definition) is 4. The van der Waals surface area contributed by atoms with Crippen LogP contribution in [0.4, 0.5) is 0 Å². The molecule has 0 spiro atoms. The van der Waals surface area contributed by atoms with E-state index in [1.165, 1.54) is 12.8 Å². The fourth-order valence-electron chi connectivity index (χ4n) is 6.28. The van der Waals surface area contributed by atoms with Gasteiger partial charge in [-0.25, -0.2) is 0 Å². The molecule has 30 heavy (non-hydrogen) atoms. The molecule has 4 aliphatic rings. The van der Waals surface area contributed by atoms with Gasteiger partial charge >= 0.3 is 0 Å². The summed E-state index contributed by atoms with van der Waals surface area (Å²) in [4.78, 5) is 17.1. The van der Waals surface area contributed by atoms with Crippen molar-refractivity contribution in [1.82, 2.24) is 10.3 Å². The molecule has 1 heterocycles. The third-order valence-corrected chi connectivity index (χ3v) is 7.38. The first-order valence-electron chi connectivity index (χ1n) is 11.2. The minimum absolute atomic E-state index is 0.0438. The van der Waals surface area contributed by atoms with Crippen LogP contribution in [-0.2, 0) is 6.42 Å². The van der Waals surface area contributed by atoms with Crippen LogP contribution in [0.2, 0.25) is 0 Å². The van der Waals surface area contributed by atoms with E-state index in [1.54, 1.807) is 6.20 Å². The molecule has 6 rings (SSSR count). The molecule has 0 aliphatic heterocycles. The van der Waals surface area contributed by atoms with Crippen molar-refractivity contribution < 1.29 is 14.6 Å². The van der Waals surface area contributed by atoms with Crippen LogP contribution in [0.1, 0.15) is 48.2 Å². The van der Waals surface area contributed by atoms with Crippen LogP contribution in [0, 0.1) is 23.7 Å². The van der Waals surface area contributed by atoms with Gasteiger partial charge in [-0.05, 0) is 86.1 Å². The van der Waals surface area contributed by atoms with Gasteiger partial charge in [-0.1, -0.05) is 12.1 Å². The highest BCUT2D eigenvalue weighted by Gasteiger charge is 2.54. The van der Waals surface area contributed by atoms with E-state index < -0.39 is 5.60 Å². The second-order valence-electron chi connectivity index (χ2n) is 9.52. The number of ether oxygens (including phenoxy) is 1. The van der Waals surface area contributed by atoms with Crippen molar-refractivity contribution in [2.24, 2.45) is 23.7 Å². The van der Waals surface area contributed by atoms with Crippen molar-refractivity contribution in [2.45, 2.75) is 44.1 Å². The smallest absolute Gasteiger partial charge is 0.251 e. The Morgan fingerprint density at radius 2 is 1.97 bits per heavy atom. The summed E-state index contributed by atoms with van der Waals surface area (Å²) in [5, 5.41) is 13.9. The monoisotopic (exact) mass is 406 g/mol. The fourth-order valence-corrected chi connectivity index (χ4v) is 6.28. The molecule has 4 aliphatic carbocycles. The molecule has 2 atom stereocenters. The largest absolute Gasteiger partial charge is 0.493 e. The standard InChI is InChI=1S/C25H30N2O3/c28-24(27-16-23-19-10-17-11-20(23)15-25(29,13-17)14-19)18-4-3-6-22(12-18)30-9-7-21-5-1-2-8-26-21/h1-6,8,12,17,19-20,23,29H,7,9-11,13-16H2,(H,27,28). The molecule has 2 N–H and O–H groups in total. The average Bonchev–Trinajstić information content (AvgIpc) is 2.73. The van der Waals surface area contributed by atoms with Crippen LogP contribution in [0.15, 0.2) is 48.7 Å². The average molecular weight is 407 g/mol. The second kappa shape index (κ2) is 8.03. The number of pyridine rings is 1. The summed E-state index contributed by atoms with van der Waals surface area (Å²) in [5.74, 6) is 2.97. The van der Waals surface area contributed by atoms with Gasteiger partial charge in [-0.3, -0.25) is 9.78 Å². The number of hydrogen-bond donors (Lipinski definition) is 2. The van der Waals surface area contributed by atoms with Crippen LogP contribution < -0.4 is 10.1 Å². The van der Waals surface area contributed by atoms with Crippen molar-refractivity contribution in [3.05, 3.63) is 59.9 Å². The summed E-state index contributed by atoms with van der Waals surface area (Å²) in [6.07, 6.45) is 7.78. The molecular weight excluding hydrogens is 376 g/mol. The van der Waals surface area contributed by atoms with Crippen molar-refractivity contribution in [3.63, 3.8) is 0 Å². The third kappa shape index (κ3) is 4.08. The molecule has 2 unspecified atom stereocenters. The third-order valence-electron chi connectivity index (χ3n) is 7.38. The molecule has 1 aromatic carbocycles. The number of carbonyl (C=O) groups is 1. The fraction of sp³-hybridized carbons (Fsp3) is 0.520. The van der Waals surface area contributed by atoms with E-state index in [1.807, 2.05) is 42.5 Å². The molecule has 158 valence electrons. The lowest BCUT2D eigenvalue weighted by Gasteiger charge is -2.58. The van der Waals surface area contributed by atoms with Crippen LogP contribution in [-0.4, -0.2) is 34.8 Å². The first kappa shape index (κ1) is 19.6. The Labute approximate surface area is 177 Å². The summed E-state index contributed by atoms with van der Waals surface area (Å²) >= 11 is 0. The quantitative estimate of drug-likeness (QED) is 0.737. The van der Waals surface area contributed by atoms with E-state index >= 15 is 0 Å². The Kier molecular flexibility index (Phi) is 5.23. The summed E-state index contributed by atoms with van der Waals surface area (Å²) in [5.41, 5.74) is 1.21. The molecule has 0 radical (unpaired) electrons.